The van der Waals surface area contributed by atoms with Gasteiger partial charge in [0, 0.05) is 17.0 Å². The van der Waals surface area contributed by atoms with Crippen LogP contribution in [0.4, 0.5) is 5.69 Å². The second-order valence-corrected chi connectivity index (χ2v) is 3.88. The monoisotopic (exact) mass is 251 g/mol. The summed E-state index contributed by atoms with van der Waals surface area (Å²) in [6.07, 6.45) is 1.24. The third-order valence-electron chi connectivity index (χ3n) is 2.03. The van der Waals surface area contributed by atoms with Crippen LogP contribution in [0, 0.1) is 11.8 Å². The molecule has 1 aromatic rings. The maximum Gasteiger partial charge on any atom is 0.224 e. The Kier molecular flexibility index (Phi) is 5.55. The Balaban J connectivity index is 2.94. The lowest BCUT2D eigenvalue weighted by Crippen LogP contribution is -2.11. The maximum atomic E-state index is 11.5. The molecular formula is C13H14ClNO2. The number of anilines is 1. The lowest BCUT2D eigenvalue weighted by atomic mass is 10.1. The van der Waals surface area contributed by atoms with Gasteiger partial charge in [0.2, 0.25) is 5.91 Å². The van der Waals surface area contributed by atoms with Gasteiger partial charge in [-0.1, -0.05) is 30.4 Å². The predicted octanol–water partition coefficient (Wildman–Crippen LogP) is 2.42. The number of nitrogens with one attached hydrogen (secondary N) is 1. The van der Waals surface area contributed by atoms with Crippen molar-refractivity contribution < 1.29 is 9.90 Å². The van der Waals surface area contributed by atoms with Crippen molar-refractivity contribution in [3.8, 4) is 11.8 Å². The van der Waals surface area contributed by atoms with Crippen LogP contribution in [0.15, 0.2) is 18.2 Å². The number of aliphatic hydroxyl groups excluding tert-OH is 1. The first-order chi connectivity index (χ1) is 8.17. The van der Waals surface area contributed by atoms with Crippen molar-refractivity contribution >= 4 is 23.2 Å². The number of benzene rings is 1. The molecule has 0 unspecified atom stereocenters. The SMILES string of the molecule is CCCC(=O)Nc1cc(Cl)ccc1C#CCO. The lowest BCUT2D eigenvalue weighted by molar-refractivity contribution is -0.116. The van der Waals surface area contributed by atoms with E-state index >= 15 is 0 Å². The molecule has 0 saturated heterocycles. The molecule has 0 radical (unpaired) electrons. The molecule has 0 saturated carbocycles. The van der Waals surface area contributed by atoms with Crippen LogP contribution in [0.1, 0.15) is 25.3 Å². The maximum absolute atomic E-state index is 11.5. The minimum atomic E-state index is -0.217. The summed E-state index contributed by atoms with van der Waals surface area (Å²) in [5, 5.41) is 11.9. The molecule has 0 bridgehead atoms. The number of carbonyl (C=O) groups excluding carboxylic acids is 1. The Morgan fingerprint density at radius 3 is 2.94 bits per heavy atom. The van der Waals surface area contributed by atoms with Crippen LogP contribution in [-0.4, -0.2) is 17.6 Å². The number of halogens is 1. The van der Waals surface area contributed by atoms with Gasteiger partial charge in [-0.3, -0.25) is 4.79 Å². The van der Waals surface area contributed by atoms with E-state index in [0.717, 1.165) is 6.42 Å². The van der Waals surface area contributed by atoms with E-state index in [1.807, 2.05) is 6.92 Å². The molecule has 2 N–H and O–H groups in total. The molecule has 0 spiro atoms. The van der Waals surface area contributed by atoms with Crippen molar-refractivity contribution in [2.24, 2.45) is 0 Å². The van der Waals surface area contributed by atoms with E-state index in [1.165, 1.54) is 0 Å². The highest BCUT2D eigenvalue weighted by atomic mass is 35.5. The van der Waals surface area contributed by atoms with Gasteiger partial charge >= 0.3 is 0 Å². The molecule has 4 heteroatoms. The first kappa shape index (κ1) is 13.6. The average Bonchev–Trinajstić information content (AvgIpc) is 2.28. The summed E-state index contributed by atoms with van der Waals surface area (Å²) >= 11 is 5.86. The molecule has 0 aliphatic heterocycles. The first-order valence-corrected chi connectivity index (χ1v) is 5.74. The quantitative estimate of drug-likeness (QED) is 0.811. The summed E-state index contributed by atoms with van der Waals surface area (Å²) in [5.41, 5.74) is 1.23. The highest BCUT2D eigenvalue weighted by molar-refractivity contribution is 6.31. The summed E-state index contributed by atoms with van der Waals surface area (Å²) in [6.45, 7) is 1.72. The van der Waals surface area contributed by atoms with Crippen LogP contribution < -0.4 is 5.32 Å². The molecule has 0 aromatic heterocycles. The second kappa shape index (κ2) is 6.95. The summed E-state index contributed by atoms with van der Waals surface area (Å²) in [4.78, 5) is 11.5. The van der Waals surface area contributed by atoms with Gasteiger partial charge in [0.15, 0.2) is 0 Å². The van der Waals surface area contributed by atoms with Gasteiger partial charge in [-0.15, -0.1) is 0 Å². The molecule has 0 atom stereocenters. The smallest absolute Gasteiger partial charge is 0.224 e. The van der Waals surface area contributed by atoms with E-state index in [0.29, 0.717) is 22.7 Å². The van der Waals surface area contributed by atoms with E-state index in [-0.39, 0.29) is 12.5 Å². The van der Waals surface area contributed by atoms with E-state index in [1.54, 1.807) is 18.2 Å². The first-order valence-electron chi connectivity index (χ1n) is 5.36. The molecule has 0 aliphatic rings. The van der Waals surface area contributed by atoms with Crippen molar-refractivity contribution in [1.82, 2.24) is 0 Å². The molecule has 1 amide bonds. The fourth-order valence-electron chi connectivity index (χ4n) is 1.30. The van der Waals surface area contributed by atoms with Crippen LogP contribution in [0.2, 0.25) is 5.02 Å². The third kappa shape index (κ3) is 4.48. The lowest BCUT2D eigenvalue weighted by Gasteiger charge is -2.07. The number of aliphatic hydroxyl groups is 1. The molecule has 17 heavy (non-hydrogen) atoms. The fourth-order valence-corrected chi connectivity index (χ4v) is 1.48. The van der Waals surface area contributed by atoms with Gasteiger partial charge < -0.3 is 10.4 Å². The number of carbonyl (C=O) groups is 1. The van der Waals surface area contributed by atoms with E-state index in [4.69, 9.17) is 16.7 Å². The third-order valence-corrected chi connectivity index (χ3v) is 2.27. The van der Waals surface area contributed by atoms with Crippen LogP contribution in [0.3, 0.4) is 0 Å². The van der Waals surface area contributed by atoms with Gasteiger partial charge in [0.05, 0.1) is 5.69 Å². The standard InChI is InChI=1S/C13H14ClNO2/c1-2-4-13(17)15-12-9-11(14)7-6-10(12)5-3-8-16/h6-7,9,16H,2,4,8H2,1H3,(H,15,17). The Bertz CT molecular complexity index is 460. The predicted molar refractivity (Wildman–Crippen MR) is 69.0 cm³/mol. The molecule has 0 fully saturated rings. The van der Waals surface area contributed by atoms with E-state index in [2.05, 4.69) is 17.2 Å². The molecule has 0 heterocycles. The molecular weight excluding hydrogens is 238 g/mol. The molecule has 0 aliphatic carbocycles. The van der Waals surface area contributed by atoms with Crippen LogP contribution >= 0.6 is 11.6 Å². The largest absolute Gasteiger partial charge is 0.384 e. The van der Waals surface area contributed by atoms with Gasteiger partial charge in [-0.2, -0.15) is 0 Å². The van der Waals surface area contributed by atoms with Crippen molar-refractivity contribution in [1.29, 1.82) is 0 Å². The zero-order valence-corrected chi connectivity index (χ0v) is 10.3. The summed E-state index contributed by atoms with van der Waals surface area (Å²) in [7, 11) is 0. The summed E-state index contributed by atoms with van der Waals surface area (Å²) in [6, 6.07) is 5.06. The van der Waals surface area contributed by atoms with Gasteiger partial charge in [-0.05, 0) is 24.6 Å². The van der Waals surface area contributed by atoms with Crippen LogP contribution in [-0.2, 0) is 4.79 Å². The van der Waals surface area contributed by atoms with Crippen molar-refractivity contribution in [3.05, 3.63) is 28.8 Å². The van der Waals surface area contributed by atoms with Crippen molar-refractivity contribution in [3.63, 3.8) is 0 Å². The van der Waals surface area contributed by atoms with Crippen LogP contribution in [0.25, 0.3) is 0 Å². The van der Waals surface area contributed by atoms with E-state index < -0.39 is 0 Å². The molecule has 1 rings (SSSR count). The zero-order valence-electron chi connectivity index (χ0n) is 9.59. The Morgan fingerprint density at radius 2 is 2.29 bits per heavy atom. The number of hydrogen-bond acceptors (Lipinski definition) is 2. The fraction of sp³-hybridized carbons (Fsp3) is 0.308. The van der Waals surface area contributed by atoms with E-state index in [9.17, 15) is 4.79 Å². The zero-order chi connectivity index (χ0) is 12.7. The number of hydrogen-bond donors (Lipinski definition) is 2. The average molecular weight is 252 g/mol. The summed E-state index contributed by atoms with van der Waals surface area (Å²) in [5.74, 6) is 5.24. The Hall–Kier alpha value is -1.50. The van der Waals surface area contributed by atoms with Gasteiger partial charge in [-0.25, -0.2) is 0 Å². The highest BCUT2D eigenvalue weighted by Gasteiger charge is 2.05. The Morgan fingerprint density at radius 1 is 1.53 bits per heavy atom. The summed E-state index contributed by atoms with van der Waals surface area (Å²) < 4.78 is 0. The highest BCUT2D eigenvalue weighted by Crippen LogP contribution is 2.20. The second-order valence-electron chi connectivity index (χ2n) is 3.45. The molecule has 3 nitrogen and oxygen atoms in total. The minimum Gasteiger partial charge on any atom is -0.384 e. The van der Waals surface area contributed by atoms with Crippen LogP contribution in [0.5, 0.6) is 0 Å². The van der Waals surface area contributed by atoms with Crippen molar-refractivity contribution in [2.75, 3.05) is 11.9 Å². The van der Waals surface area contributed by atoms with Gasteiger partial charge in [0.25, 0.3) is 0 Å². The normalized spacial score (nSPS) is 9.35. The molecule has 90 valence electrons. The van der Waals surface area contributed by atoms with Crippen molar-refractivity contribution in [2.45, 2.75) is 19.8 Å². The number of rotatable bonds is 3. The number of amides is 1. The molecule has 1 aromatic carbocycles. The van der Waals surface area contributed by atoms with Gasteiger partial charge in [0.1, 0.15) is 6.61 Å². The Labute approximate surface area is 106 Å². The minimum absolute atomic E-state index is 0.0678. The topological polar surface area (TPSA) is 49.3 Å².